The molecule has 4 rings (SSSR count). The van der Waals surface area contributed by atoms with Crippen molar-refractivity contribution in [3.63, 3.8) is 0 Å². The quantitative estimate of drug-likeness (QED) is 0.337. The molecule has 30 heavy (non-hydrogen) atoms. The largest absolute Gasteiger partial charge is 0.427 e. The molecule has 0 N–H and O–H groups in total. The van der Waals surface area contributed by atoms with Gasteiger partial charge in [0.25, 0.3) is 5.91 Å². The number of hydrogen-bond donors (Lipinski definition) is 0. The Labute approximate surface area is 177 Å². The van der Waals surface area contributed by atoms with E-state index >= 15 is 0 Å². The van der Waals surface area contributed by atoms with Crippen molar-refractivity contribution in [2.45, 2.75) is 6.92 Å². The topological polar surface area (TPSA) is 72.4 Å². The van der Waals surface area contributed by atoms with Gasteiger partial charge in [0.1, 0.15) is 12.1 Å². The van der Waals surface area contributed by atoms with Crippen LogP contribution in [0.2, 0.25) is 5.02 Å². The summed E-state index contributed by atoms with van der Waals surface area (Å²) < 4.78 is 5.21. The third kappa shape index (κ3) is 3.99. The Morgan fingerprint density at radius 3 is 2.47 bits per heavy atom. The number of anilines is 2. The smallest absolute Gasteiger partial charge is 0.308 e. The number of ether oxygens (including phenoxy) is 1. The van der Waals surface area contributed by atoms with E-state index in [1.807, 2.05) is 6.07 Å². The molecule has 0 aliphatic rings. The molecule has 0 saturated carbocycles. The molecule has 0 atom stereocenters. The second-order valence-corrected chi connectivity index (χ2v) is 6.89. The van der Waals surface area contributed by atoms with E-state index in [0.29, 0.717) is 38.7 Å². The number of aromatic nitrogens is 2. The lowest BCUT2D eigenvalue weighted by atomic mass is 10.1. The number of nitrogens with zero attached hydrogens (tertiary/aromatic N) is 3. The van der Waals surface area contributed by atoms with Crippen LogP contribution < -0.4 is 9.64 Å². The van der Waals surface area contributed by atoms with Crippen LogP contribution in [-0.4, -0.2) is 21.8 Å². The van der Waals surface area contributed by atoms with Gasteiger partial charge in [0.15, 0.2) is 5.82 Å². The van der Waals surface area contributed by atoms with Crippen LogP contribution in [-0.2, 0) is 4.79 Å². The Bertz CT molecular complexity index is 1240. The fourth-order valence-electron chi connectivity index (χ4n) is 3.09. The zero-order valence-electron chi connectivity index (χ0n) is 15.9. The van der Waals surface area contributed by atoms with Crippen molar-refractivity contribution in [3.8, 4) is 5.75 Å². The zero-order chi connectivity index (χ0) is 21.1. The molecule has 0 spiro atoms. The van der Waals surface area contributed by atoms with Crippen LogP contribution in [0.25, 0.3) is 10.9 Å². The third-order valence-electron chi connectivity index (χ3n) is 4.35. The highest BCUT2D eigenvalue weighted by Crippen LogP contribution is 2.34. The first-order chi connectivity index (χ1) is 14.5. The average Bonchev–Trinajstić information content (AvgIpc) is 2.74. The van der Waals surface area contributed by atoms with Gasteiger partial charge in [-0.3, -0.25) is 14.5 Å². The zero-order valence-corrected chi connectivity index (χ0v) is 16.7. The number of benzene rings is 3. The van der Waals surface area contributed by atoms with Gasteiger partial charge in [-0.05, 0) is 48.5 Å². The standard InChI is InChI=1S/C23H16ClN3O3/c1-15(28)30-19-10-11-21-20(13-19)22(26-14-25-21)27(18-9-5-8-17(24)12-18)23(29)16-6-3-2-4-7-16/h2-14H,1H3. The van der Waals surface area contributed by atoms with Crippen molar-refractivity contribution >= 4 is 45.9 Å². The number of fused-ring (bicyclic) bond motifs is 1. The highest BCUT2D eigenvalue weighted by Gasteiger charge is 2.24. The number of rotatable bonds is 4. The second-order valence-electron chi connectivity index (χ2n) is 6.46. The molecular weight excluding hydrogens is 402 g/mol. The Morgan fingerprint density at radius 2 is 1.73 bits per heavy atom. The van der Waals surface area contributed by atoms with Gasteiger partial charge in [-0.2, -0.15) is 0 Å². The minimum absolute atomic E-state index is 0.282. The van der Waals surface area contributed by atoms with Gasteiger partial charge >= 0.3 is 5.97 Å². The molecule has 148 valence electrons. The number of hydrogen-bond acceptors (Lipinski definition) is 5. The van der Waals surface area contributed by atoms with E-state index in [0.717, 1.165) is 0 Å². The van der Waals surface area contributed by atoms with E-state index < -0.39 is 5.97 Å². The fourth-order valence-corrected chi connectivity index (χ4v) is 3.28. The van der Waals surface area contributed by atoms with Crippen LogP contribution in [0.3, 0.4) is 0 Å². The second kappa shape index (κ2) is 8.31. The van der Waals surface area contributed by atoms with Gasteiger partial charge in [-0.25, -0.2) is 9.97 Å². The maximum Gasteiger partial charge on any atom is 0.308 e. The van der Waals surface area contributed by atoms with E-state index in [2.05, 4.69) is 9.97 Å². The van der Waals surface area contributed by atoms with Gasteiger partial charge in [0, 0.05) is 22.9 Å². The Balaban J connectivity index is 1.93. The number of amides is 1. The Hall–Kier alpha value is -3.77. The van der Waals surface area contributed by atoms with E-state index in [-0.39, 0.29) is 5.91 Å². The molecule has 4 aromatic rings. The summed E-state index contributed by atoms with van der Waals surface area (Å²) in [7, 11) is 0. The van der Waals surface area contributed by atoms with Crippen LogP contribution in [0.15, 0.2) is 79.1 Å². The summed E-state index contributed by atoms with van der Waals surface area (Å²) in [6.45, 7) is 1.32. The molecule has 3 aromatic carbocycles. The van der Waals surface area contributed by atoms with Crippen molar-refractivity contribution < 1.29 is 14.3 Å². The summed E-state index contributed by atoms with van der Waals surface area (Å²) in [6.07, 6.45) is 1.39. The van der Waals surface area contributed by atoms with Gasteiger partial charge in [-0.1, -0.05) is 35.9 Å². The minimum atomic E-state index is -0.445. The van der Waals surface area contributed by atoms with Crippen molar-refractivity contribution in [2.75, 3.05) is 4.90 Å². The van der Waals surface area contributed by atoms with Gasteiger partial charge < -0.3 is 4.74 Å². The Kier molecular flexibility index (Phi) is 5.41. The Morgan fingerprint density at radius 1 is 0.933 bits per heavy atom. The SMILES string of the molecule is CC(=O)Oc1ccc2ncnc(N(C(=O)c3ccccc3)c3cccc(Cl)c3)c2c1. The maximum atomic E-state index is 13.5. The van der Waals surface area contributed by atoms with Gasteiger partial charge in [-0.15, -0.1) is 0 Å². The number of halogens is 1. The van der Waals surface area contributed by atoms with Crippen molar-refractivity contribution in [2.24, 2.45) is 0 Å². The minimum Gasteiger partial charge on any atom is -0.427 e. The monoisotopic (exact) mass is 417 g/mol. The van der Waals surface area contributed by atoms with Crippen molar-refractivity contribution in [1.29, 1.82) is 0 Å². The van der Waals surface area contributed by atoms with E-state index in [9.17, 15) is 9.59 Å². The van der Waals surface area contributed by atoms with E-state index in [1.165, 1.54) is 18.2 Å². The lowest BCUT2D eigenvalue weighted by Gasteiger charge is -2.23. The molecule has 0 unspecified atom stereocenters. The highest BCUT2D eigenvalue weighted by atomic mass is 35.5. The molecule has 0 bridgehead atoms. The molecule has 0 fully saturated rings. The third-order valence-corrected chi connectivity index (χ3v) is 4.58. The van der Waals surface area contributed by atoms with Crippen LogP contribution in [0.1, 0.15) is 17.3 Å². The molecule has 0 radical (unpaired) electrons. The van der Waals surface area contributed by atoms with Crippen LogP contribution in [0, 0.1) is 0 Å². The molecule has 0 aliphatic carbocycles. The average molecular weight is 418 g/mol. The number of carbonyl (C=O) groups excluding carboxylic acids is 2. The first-order valence-corrected chi connectivity index (χ1v) is 9.49. The number of carbonyl (C=O) groups is 2. The van der Waals surface area contributed by atoms with Crippen molar-refractivity contribution in [1.82, 2.24) is 9.97 Å². The lowest BCUT2D eigenvalue weighted by molar-refractivity contribution is -0.131. The van der Waals surface area contributed by atoms with Crippen molar-refractivity contribution in [3.05, 3.63) is 89.7 Å². The van der Waals surface area contributed by atoms with Crippen LogP contribution in [0.4, 0.5) is 11.5 Å². The molecule has 0 aliphatic heterocycles. The summed E-state index contributed by atoms with van der Waals surface area (Å²) in [5.41, 5.74) is 1.64. The predicted molar refractivity (Wildman–Crippen MR) is 115 cm³/mol. The van der Waals surface area contributed by atoms with Crippen LogP contribution in [0.5, 0.6) is 5.75 Å². The summed E-state index contributed by atoms with van der Waals surface area (Å²) in [6, 6.07) is 20.8. The molecule has 1 heterocycles. The lowest BCUT2D eigenvalue weighted by Crippen LogP contribution is -2.27. The predicted octanol–water partition coefficient (Wildman–Crippen LogP) is 5.19. The molecule has 1 aromatic heterocycles. The van der Waals surface area contributed by atoms with Gasteiger partial charge in [0.2, 0.25) is 0 Å². The molecule has 1 amide bonds. The summed E-state index contributed by atoms with van der Waals surface area (Å²) in [5.74, 6) is -0.0371. The fraction of sp³-hybridized carbons (Fsp3) is 0.0435. The maximum absolute atomic E-state index is 13.5. The van der Waals surface area contributed by atoms with Gasteiger partial charge in [0.05, 0.1) is 11.2 Å². The summed E-state index contributed by atoms with van der Waals surface area (Å²) in [5, 5.41) is 1.04. The molecule has 6 nitrogen and oxygen atoms in total. The highest BCUT2D eigenvalue weighted by molar-refractivity contribution is 6.31. The first-order valence-electron chi connectivity index (χ1n) is 9.11. The van der Waals surface area contributed by atoms with E-state index in [4.69, 9.17) is 16.3 Å². The number of esters is 1. The normalized spacial score (nSPS) is 10.6. The summed E-state index contributed by atoms with van der Waals surface area (Å²) in [4.78, 5) is 35.0. The molecular formula is C23H16ClN3O3. The summed E-state index contributed by atoms with van der Waals surface area (Å²) >= 11 is 6.20. The molecule has 0 saturated heterocycles. The first kappa shape index (κ1) is 19.5. The van der Waals surface area contributed by atoms with E-state index in [1.54, 1.807) is 66.7 Å². The van der Waals surface area contributed by atoms with Crippen LogP contribution >= 0.6 is 11.6 Å². The molecule has 7 heteroatoms.